The summed E-state index contributed by atoms with van der Waals surface area (Å²) >= 11 is 3.81. The third-order valence-electron chi connectivity index (χ3n) is 2.18. The Morgan fingerprint density at radius 3 is 2.50 bits per heavy atom. The van der Waals surface area contributed by atoms with Gasteiger partial charge < -0.3 is 0 Å². The van der Waals surface area contributed by atoms with E-state index in [1.165, 1.54) is 0 Å². The fourth-order valence-corrected chi connectivity index (χ4v) is 1.32. The fourth-order valence-electron chi connectivity index (χ4n) is 1.23. The molecule has 0 saturated heterocycles. The van der Waals surface area contributed by atoms with E-state index in [0.717, 1.165) is 17.5 Å². The van der Waals surface area contributed by atoms with E-state index < -0.39 is 0 Å². The molecule has 0 bridgehead atoms. The van der Waals surface area contributed by atoms with Crippen LogP contribution in [-0.2, 0) is 11.2 Å². The number of hydrogen-bond acceptors (Lipinski definition) is 1. The monoisotopic (exact) mass is 206 g/mol. The Kier molecular flexibility index (Phi) is 3.96. The molecule has 0 aliphatic carbocycles. The van der Waals surface area contributed by atoms with Crippen molar-refractivity contribution in [2.24, 2.45) is 5.92 Å². The van der Waals surface area contributed by atoms with Gasteiger partial charge in [-0.1, -0.05) is 43.8 Å². The Bertz CT molecular complexity index is 327. The maximum Gasteiger partial charge on any atom is 0.189 e. The van der Waals surface area contributed by atoms with Crippen molar-refractivity contribution in [3.63, 3.8) is 0 Å². The van der Waals surface area contributed by atoms with E-state index in [1.54, 1.807) is 6.08 Å². The average molecular weight is 206 g/mol. The van der Waals surface area contributed by atoms with Crippen LogP contribution in [0, 0.1) is 5.92 Å². The summed E-state index contributed by atoms with van der Waals surface area (Å²) in [4.78, 5) is 10.9. The second-order valence-electron chi connectivity index (χ2n) is 3.39. The van der Waals surface area contributed by atoms with Gasteiger partial charge in [0.05, 0.1) is 0 Å². The van der Waals surface area contributed by atoms with Gasteiger partial charge in [-0.25, -0.2) is 0 Å². The van der Waals surface area contributed by atoms with Crippen molar-refractivity contribution in [3.05, 3.63) is 42.0 Å². The molecule has 0 spiro atoms. The Morgan fingerprint density at radius 2 is 2.07 bits per heavy atom. The van der Waals surface area contributed by atoms with Crippen molar-refractivity contribution in [2.75, 3.05) is 0 Å². The molecule has 2 heteroatoms. The van der Waals surface area contributed by atoms with Gasteiger partial charge in [0.1, 0.15) is 0 Å². The van der Waals surface area contributed by atoms with Gasteiger partial charge in [-0.15, -0.1) is 12.6 Å². The topological polar surface area (TPSA) is 17.1 Å². The summed E-state index contributed by atoms with van der Waals surface area (Å²) in [5.74, 6) is -0.0204. The SMILES string of the molecule is C=Cc1ccc(CC(C)C(=O)S)cc1. The van der Waals surface area contributed by atoms with E-state index in [0.29, 0.717) is 0 Å². The third-order valence-corrected chi connectivity index (χ3v) is 2.62. The first-order valence-corrected chi connectivity index (χ1v) is 5.02. The summed E-state index contributed by atoms with van der Waals surface area (Å²) in [6, 6.07) is 8.03. The Balaban J connectivity index is 2.68. The number of thiol groups is 1. The first kappa shape index (κ1) is 11.1. The zero-order valence-corrected chi connectivity index (χ0v) is 9.13. The number of benzene rings is 1. The highest BCUT2D eigenvalue weighted by Gasteiger charge is 2.08. The summed E-state index contributed by atoms with van der Waals surface area (Å²) in [6.45, 7) is 5.57. The minimum Gasteiger partial charge on any atom is -0.287 e. The lowest BCUT2D eigenvalue weighted by atomic mass is 10.0. The lowest BCUT2D eigenvalue weighted by Crippen LogP contribution is -2.07. The van der Waals surface area contributed by atoms with Crippen LogP contribution in [0.4, 0.5) is 0 Å². The minimum atomic E-state index is -0.0576. The highest BCUT2D eigenvalue weighted by molar-refractivity contribution is 7.96. The molecule has 1 aromatic carbocycles. The second-order valence-corrected chi connectivity index (χ2v) is 3.83. The number of carbonyl (C=O) groups is 1. The Morgan fingerprint density at radius 1 is 1.50 bits per heavy atom. The van der Waals surface area contributed by atoms with Gasteiger partial charge in [-0.05, 0) is 17.5 Å². The highest BCUT2D eigenvalue weighted by atomic mass is 32.1. The molecule has 1 nitrogen and oxygen atoms in total. The lowest BCUT2D eigenvalue weighted by molar-refractivity contribution is -0.113. The first-order valence-electron chi connectivity index (χ1n) is 4.57. The Hall–Kier alpha value is -1.02. The summed E-state index contributed by atoms with van der Waals surface area (Å²) in [5, 5.41) is -0.0576. The molecule has 0 saturated carbocycles. The maximum absolute atomic E-state index is 10.9. The summed E-state index contributed by atoms with van der Waals surface area (Å²) in [5.41, 5.74) is 2.25. The van der Waals surface area contributed by atoms with Crippen molar-refractivity contribution in [1.82, 2.24) is 0 Å². The van der Waals surface area contributed by atoms with Crippen LogP contribution in [0.15, 0.2) is 30.8 Å². The molecule has 0 aliphatic heterocycles. The van der Waals surface area contributed by atoms with E-state index in [9.17, 15) is 4.79 Å². The van der Waals surface area contributed by atoms with Crippen molar-refractivity contribution in [3.8, 4) is 0 Å². The van der Waals surface area contributed by atoms with E-state index in [-0.39, 0.29) is 11.0 Å². The predicted molar refractivity (Wildman–Crippen MR) is 63.4 cm³/mol. The van der Waals surface area contributed by atoms with E-state index in [2.05, 4.69) is 19.2 Å². The van der Waals surface area contributed by atoms with Gasteiger partial charge >= 0.3 is 0 Å². The predicted octanol–water partition coefficient (Wildman–Crippen LogP) is 2.96. The first-order chi connectivity index (χ1) is 6.63. The van der Waals surface area contributed by atoms with Gasteiger partial charge in [0.15, 0.2) is 5.12 Å². The molecule has 0 radical (unpaired) electrons. The van der Waals surface area contributed by atoms with E-state index in [1.807, 2.05) is 31.2 Å². The molecule has 1 rings (SSSR count). The van der Waals surface area contributed by atoms with Gasteiger partial charge in [-0.2, -0.15) is 0 Å². The Labute approximate surface area is 90.2 Å². The van der Waals surface area contributed by atoms with E-state index in [4.69, 9.17) is 0 Å². The summed E-state index contributed by atoms with van der Waals surface area (Å²) in [6.07, 6.45) is 2.55. The van der Waals surface area contributed by atoms with Crippen molar-refractivity contribution in [2.45, 2.75) is 13.3 Å². The lowest BCUT2D eigenvalue weighted by Gasteiger charge is -2.06. The van der Waals surface area contributed by atoms with Crippen molar-refractivity contribution in [1.29, 1.82) is 0 Å². The van der Waals surface area contributed by atoms with Crippen LogP contribution in [0.1, 0.15) is 18.1 Å². The molecule has 0 heterocycles. The molecule has 74 valence electrons. The van der Waals surface area contributed by atoms with Gasteiger partial charge in [-0.3, -0.25) is 4.79 Å². The number of rotatable bonds is 4. The van der Waals surface area contributed by atoms with Crippen LogP contribution in [0.5, 0.6) is 0 Å². The maximum atomic E-state index is 10.9. The summed E-state index contributed by atoms with van der Waals surface area (Å²) < 4.78 is 0. The van der Waals surface area contributed by atoms with Crippen molar-refractivity contribution < 1.29 is 4.79 Å². The molecule has 0 aliphatic rings. The molecule has 1 unspecified atom stereocenters. The van der Waals surface area contributed by atoms with Crippen molar-refractivity contribution >= 4 is 23.8 Å². The molecule has 1 atom stereocenters. The summed E-state index contributed by atoms with van der Waals surface area (Å²) in [7, 11) is 0. The van der Waals surface area contributed by atoms with Crippen LogP contribution in [-0.4, -0.2) is 5.12 Å². The average Bonchev–Trinajstić information content (AvgIpc) is 2.19. The molecule has 14 heavy (non-hydrogen) atoms. The minimum absolute atomic E-state index is 0.0204. The van der Waals surface area contributed by atoms with Crippen LogP contribution in [0.3, 0.4) is 0 Å². The zero-order chi connectivity index (χ0) is 10.6. The largest absolute Gasteiger partial charge is 0.287 e. The smallest absolute Gasteiger partial charge is 0.189 e. The highest BCUT2D eigenvalue weighted by Crippen LogP contribution is 2.12. The molecule has 0 amide bonds. The standard InChI is InChI=1S/C12H14OS/c1-3-10-4-6-11(7-5-10)8-9(2)12(13)14/h3-7,9H,1,8H2,2H3,(H,13,14). The molecular weight excluding hydrogens is 192 g/mol. The zero-order valence-electron chi connectivity index (χ0n) is 8.23. The van der Waals surface area contributed by atoms with Crippen LogP contribution < -0.4 is 0 Å². The van der Waals surface area contributed by atoms with Crippen LogP contribution >= 0.6 is 12.6 Å². The van der Waals surface area contributed by atoms with Gasteiger partial charge in [0.2, 0.25) is 0 Å². The van der Waals surface area contributed by atoms with Gasteiger partial charge in [0.25, 0.3) is 0 Å². The fraction of sp³-hybridized carbons (Fsp3) is 0.250. The molecule has 0 aromatic heterocycles. The molecule has 1 aromatic rings. The normalized spacial score (nSPS) is 12.1. The molecular formula is C12H14OS. The quantitative estimate of drug-likeness (QED) is 0.749. The molecule has 0 N–H and O–H groups in total. The number of hydrogen-bond donors (Lipinski definition) is 1. The van der Waals surface area contributed by atoms with Gasteiger partial charge in [0, 0.05) is 5.92 Å². The van der Waals surface area contributed by atoms with Crippen LogP contribution in [0.25, 0.3) is 6.08 Å². The molecule has 0 fully saturated rings. The van der Waals surface area contributed by atoms with Crippen LogP contribution in [0.2, 0.25) is 0 Å². The van der Waals surface area contributed by atoms with E-state index >= 15 is 0 Å². The number of carbonyl (C=O) groups excluding carboxylic acids is 1. The third kappa shape index (κ3) is 3.04. The second kappa shape index (κ2) is 5.01.